The largest absolute Gasteiger partial charge is 0.456 e. The van der Waals surface area contributed by atoms with Crippen molar-refractivity contribution in [2.24, 2.45) is 17.8 Å². The van der Waals surface area contributed by atoms with Crippen LogP contribution in [-0.2, 0) is 33.3 Å². The zero-order valence-electron chi connectivity index (χ0n) is 24.8. The number of hydrogen-bond donors (Lipinski definition) is 1. The van der Waals surface area contributed by atoms with Crippen molar-refractivity contribution in [3.05, 3.63) is 11.6 Å². The van der Waals surface area contributed by atoms with E-state index in [-0.39, 0.29) is 24.7 Å². The molecule has 0 aromatic carbocycles. The van der Waals surface area contributed by atoms with Gasteiger partial charge < -0.3 is 29.0 Å². The molecular weight excluding hydrogens is 502 g/mol. The van der Waals surface area contributed by atoms with Crippen LogP contribution in [0.5, 0.6) is 0 Å². The van der Waals surface area contributed by atoms with E-state index in [9.17, 15) is 19.5 Å². The molecule has 3 fully saturated rings. The van der Waals surface area contributed by atoms with E-state index in [0.29, 0.717) is 25.2 Å². The number of ether oxygens (including phenoxy) is 4. The fourth-order valence-corrected chi connectivity index (χ4v) is 6.42. The fraction of sp³-hybridized carbons (Fsp3) is 0.833. The smallest absolute Gasteiger partial charge is 0.329 e. The molecule has 2 aliphatic heterocycles. The summed E-state index contributed by atoms with van der Waals surface area (Å²) in [7, 11) is 3.30. The lowest BCUT2D eigenvalue weighted by atomic mass is 9.84. The van der Waals surface area contributed by atoms with Gasteiger partial charge in [0, 0.05) is 26.7 Å². The first-order chi connectivity index (χ1) is 18.4. The average Bonchev–Trinajstić information content (AvgIpc) is 2.92. The van der Waals surface area contributed by atoms with E-state index in [1.165, 1.54) is 4.90 Å². The van der Waals surface area contributed by atoms with Gasteiger partial charge >= 0.3 is 5.97 Å². The number of esters is 1. The Bertz CT molecular complexity index is 903. The molecule has 1 saturated carbocycles. The molecule has 2 saturated heterocycles. The Morgan fingerprint density at radius 2 is 1.74 bits per heavy atom. The highest BCUT2D eigenvalue weighted by Crippen LogP contribution is 2.36. The molecule has 0 spiro atoms. The normalized spacial score (nSPS) is 35.0. The van der Waals surface area contributed by atoms with Gasteiger partial charge in [-0.2, -0.15) is 0 Å². The van der Waals surface area contributed by atoms with Crippen LogP contribution >= 0.6 is 0 Å². The highest BCUT2D eigenvalue weighted by molar-refractivity contribution is 6.39. The molecule has 9 nitrogen and oxygen atoms in total. The van der Waals surface area contributed by atoms with E-state index < -0.39 is 47.6 Å². The van der Waals surface area contributed by atoms with Gasteiger partial charge in [-0.3, -0.25) is 9.59 Å². The van der Waals surface area contributed by atoms with Crippen molar-refractivity contribution in [3.63, 3.8) is 0 Å². The predicted molar refractivity (Wildman–Crippen MR) is 146 cm³/mol. The third-order valence-electron chi connectivity index (χ3n) is 8.80. The Hall–Kier alpha value is -1.81. The standard InChI is InChI=1S/C30H49NO8/c1-18(2)26(19(3)15-22-11-10-12-23(17-22)36-6)38-29(34)24-13-8-9-14-31(24)28(33)27(32)30(35)20(4)16-25(37-7)21(5)39-30/h15,18,20-26,35H,8-14,16-17H2,1-7H3. The van der Waals surface area contributed by atoms with Gasteiger partial charge in [0.15, 0.2) is 0 Å². The summed E-state index contributed by atoms with van der Waals surface area (Å²) >= 11 is 0. The van der Waals surface area contributed by atoms with Crippen LogP contribution in [0.2, 0.25) is 0 Å². The number of methoxy groups -OCH3 is 2. The molecule has 3 rings (SSSR count). The summed E-state index contributed by atoms with van der Waals surface area (Å²) in [4.78, 5) is 41.6. The lowest BCUT2D eigenvalue weighted by Gasteiger charge is -2.44. The van der Waals surface area contributed by atoms with Crippen LogP contribution in [0.3, 0.4) is 0 Å². The summed E-state index contributed by atoms with van der Waals surface area (Å²) < 4.78 is 22.7. The molecule has 0 radical (unpaired) electrons. The SMILES string of the molecule is COC1CCCC(C=C(C)C(OC(=O)C2CCCCN2C(=O)C(=O)C2(O)OC(C)C(OC)CC2C)C(C)C)C1. The van der Waals surface area contributed by atoms with Gasteiger partial charge in [0.05, 0.1) is 18.3 Å². The number of hydrogen-bond acceptors (Lipinski definition) is 8. The molecule has 0 bridgehead atoms. The minimum atomic E-state index is -2.27. The van der Waals surface area contributed by atoms with E-state index >= 15 is 0 Å². The highest BCUT2D eigenvalue weighted by atomic mass is 16.7. The number of carbonyl (C=O) groups is 3. The fourth-order valence-electron chi connectivity index (χ4n) is 6.42. The van der Waals surface area contributed by atoms with Crippen LogP contribution in [0.4, 0.5) is 0 Å². The van der Waals surface area contributed by atoms with Crippen LogP contribution < -0.4 is 0 Å². The lowest BCUT2D eigenvalue weighted by Crippen LogP contribution is -2.62. The van der Waals surface area contributed by atoms with Crippen LogP contribution in [0.15, 0.2) is 11.6 Å². The van der Waals surface area contributed by atoms with E-state index in [1.54, 1.807) is 28.1 Å². The Morgan fingerprint density at radius 1 is 1.03 bits per heavy atom. The maximum atomic E-state index is 13.5. The number of allylic oxidation sites excluding steroid dienone is 1. The Morgan fingerprint density at radius 3 is 2.38 bits per heavy atom. The van der Waals surface area contributed by atoms with Crippen molar-refractivity contribution in [1.82, 2.24) is 4.90 Å². The van der Waals surface area contributed by atoms with Crippen molar-refractivity contribution in [2.75, 3.05) is 20.8 Å². The summed E-state index contributed by atoms with van der Waals surface area (Å²) in [5.41, 5.74) is 0.991. The topological polar surface area (TPSA) is 112 Å². The molecule has 2 heterocycles. The van der Waals surface area contributed by atoms with Gasteiger partial charge in [0.25, 0.3) is 11.7 Å². The quantitative estimate of drug-likeness (QED) is 0.262. The predicted octanol–water partition coefficient (Wildman–Crippen LogP) is 3.80. The Labute approximate surface area is 233 Å². The van der Waals surface area contributed by atoms with E-state index in [1.807, 2.05) is 20.8 Å². The molecule has 222 valence electrons. The van der Waals surface area contributed by atoms with Gasteiger partial charge in [-0.15, -0.1) is 0 Å². The average molecular weight is 552 g/mol. The number of rotatable bonds is 9. The Kier molecular flexibility index (Phi) is 11.1. The number of ketones is 1. The number of aliphatic hydroxyl groups is 1. The maximum Gasteiger partial charge on any atom is 0.329 e. The number of amides is 1. The molecule has 1 N–H and O–H groups in total. The van der Waals surface area contributed by atoms with Crippen LogP contribution in [0.25, 0.3) is 0 Å². The van der Waals surface area contributed by atoms with E-state index in [4.69, 9.17) is 18.9 Å². The first kappa shape index (κ1) is 31.7. The van der Waals surface area contributed by atoms with Gasteiger partial charge in [0.1, 0.15) is 12.1 Å². The van der Waals surface area contributed by atoms with Crippen molar-refractivity contribution in [3.8, 4) is 0 Å². The summed E-state index contributed by atoms with van der Waals surface area (Å²) in [5, 5.41) is 11.2. The van der Waals surface area contributed by atoms with Gasteiger partial charge in [-0.1, -0.05) is 33.3 Å². The zero-order valence-corrected chi connectivity index (χ0v) is 24.8. The molecule has 0 aromatic heterocycles. The van der Waals surface area contributed by atoms with Crippen molar-refractivity contribution >= 4 is 17.7 Å². The third kappa shape index (κ3) is 7.29. The van der Waals surface area contributed by atoms with Crippen LogP contribution in [0.1, 0.15) is 86.0 Å². The van der Waals surface area contributed by atoms with E-state index in [0.717, 1.165) is 37.7 Å². The molecule has 1 amide bonds. The molecule has 8 unspecified atom stereocenters. The first-order valence-corrected chi connectivity index (χ1v) is 14.6. The van der Waals surface area contributed by atoms with Crippen molar-refractivity contribution < 1.29 is 38.4 Å². The van der Waals surface area contributed by atoms with Gasteiger partial charge in [-0.05, 0) is 76.2 Å². The number of likely N-dealkylation sites (tertiary alicyclic amines) is 1. The molecule has 8 atom stereocenters. The number of nitrogens with zero attached hydrogens (tertiary/aromatic N) is 1. The molecular formula is C30H49NO8. The van der Waals surface area contributed by atoms with Crippen molar-refractivity contribution in [1.29, 1.82) is 0 Å². The zero-order chi connectivity index (χ0) is 28.9. The molecule has 0 aromatic rings. The molecule has 3 aliphatic rings. The maximum absolute atomic E-state index is 13.5. The minimum absolute atomic E-state index is 0.0359. The minimum Gasteiger partial charge on any atom is -0.456 e. The number of carbonyl (C=O) groups excluding carboxylic acids is 3. The first-order valence-electron chi connectivity index (χ1n) is 14.6. The summed E-state index contributed by atoms with van der Waals surface area (Å²) in [6.07, 6.45) is 7.53. The van der Waals surface area contributed by atoms with Gasteiger partial charge in [0.2, 0.25) is 5.79 Å². The second-order valence-corrected chi connectivity index (χ2v) is 12.1. The monoisotopic (exact) mass is 551 g/mol. The number of Topliss-reactive ketones (excluding diaryl/α,β-unsaturated/α-hetero) is 1. The Balaban J connectivity index is 1.73. The van der Waals surface area contributed by atoms with Crippen LogP contribution in [-0.4, -0.2) is 84.7 Å². The summed E-state index contributed by atoms with van der Waals surface area (Å²) in [5.74, 6) is -4.98. The molecule has 9 heteroatoms. The summed E-state index contributed by atoms with van der Waals surface area (Å²) in [6.45, 7) is 9.61. The third-order valence-corrected chi connectivity index (χ3v) is 8.80. The second kappa shape index (κ2) is 13.7. The lowest BCUT2D eigenvalue weighted by molar-refractivity contribution is -0.282. The van der Waals surface area contributed by atoms with Crippen LogP contribution in [0, 0.1) is 17.8 Å². The summed E-state index contributed by atoms with van der Waals surface area (Å²) in [6, 6.07) is -0.886. The highest BCUT2D eigenvalue weighted by Gasteiger charge is 2.54. The van der Waals surface area contributed by atoms with Crippen molar-refractivity contribution in [2.45, 2.75) is 122 Å². The second-order valence-electron chi connectivity index (χ2n) is 12.1. The van der Waals surface area contributed by atoms with Gasteiger partial charge in [-0.25, -0.2) is 4.79 Å². The number of piperidine rings is 1. The molecule has 1 aliphatic carbocycles. The molecule has 39 heavy (non-hydrogen) atoms. The van der Waals surface area contributed by atoms with E-state index in [2.05, 4.69) is 6.08 Å².